The Morgan fingerprint density at radius 2 is 1.89 bits per heavy atom. The Morgan fingerprint density at radius 1 is 1.33 bits per heavy atom. The van der Waals surface area contributed by atoms with Crippen LogP contribution in [0.5, 0.6) is 0 Å². The highest BCUT2D eigenvalue weighted by molar-refractivity contribution is 14.1. The maximum Gasteiger partial charge on any atom is 0.332 e. The molecule has 0 aliphatic carbocycles. The van der Waals surface area contributed by atoms with E-state index in [4.69, 9.17) is 12.2 Å². The van der Waals surface area contributed by atoms with Crippen LogP contribution in [-0.4, -0.2) is 34.2 Å². The first-order valence-electron chi connectivity index (χ1n) is 4.88. The van der Waals surface area contributed by atoms with Crippen molar-refractivity contribution in [1.82, 2.24) is 0 Å². The van der Waals surface area contributed by atoms with Crippen LogP contribution in [0.1, 0.15) is 5.56 Å². The number of hydrogen-bond donors (Lipinski definition) is 2. The van der Waals surface area contributed by atoms with Gasteiger partial charge in [-0.3, -0.25) is 9.59 Å². The number of likely N-dealkylation sites (N-methyl/N-ethyl adjacent to an activating group) is 1. The van der Waals surface area contributed by atoms with Gasteiger partial charge in [-0.1, -0.05) is 12.2 Å². The number of carboxylic acid groups (broad SMARTS) is 2. The van der Waals surface area contributed by atoms with Crippen molar-refractivity contribution in [3.05, 3.63) is 27.3 Å². The lowest BCUT2D eigenvalue weighted by atomic mass is 9.82. The first-order chi connectivity index (χ1) is 8.33. The SMILES string of the molecule is CN1C(=S)C(C(=O)O)(C(=O)O)c2cc(I)ccc21. The summed E-state index contributed by atoms with van der Waals surface area (Å²) in [6, 6.07) is 5.00. The molecule has 1 aliphatic rings. The minimum atomic E-state index is -2.17. The lowest BCUT2D eigenvalue weighted by molar-refractivity contribution is -0.153. The molecule has 2 N–H and O–H groups in total. The van der Waals surface area contributed by atoms with Gasteiger partial charge in [0, 0.05) is 21.9 Å². The topological polar surface area (TPSA) is 77.8 Å². The number of fused-ring (bicyclic) bond motifs is 1. The van der Waals surface area contributed by atoms with Crippen molar-refractivity contribution in [3.8, 4) is 0 Å². The molecular weight excluding hydrogens is 369 g/mol. The number of hydrogen-bond acceptors (Lipinski definition) is 3. The fourth-order valence-electron chi connectivity index (χ4n) is 2.08. The molecule has 0 atom stereocenters. The van der Waals surface area contributed by atoms with E-state index in [0.717, 1.165) is 3.57 Å². The number of benzene rings is 1. The van der Waals surface area contributed by atoms with Crippen LogP contribution in [-0.2, 0) is 15.0 Å². The molecule has 0 saturated carbocycles. The zero-order chi connectivity index (χ0) is 13.7. The number of carbonyl (C=O) groups is 2. The second-order valence-corrected chi connectivity index (χ2v) is 5.52. The van der Waals surface area contributed by atoms with Crippen LogP contribution in [0.2, 0.25) is 0 Å². The first-order valence-corrected chi connectivity index (χ1v) is 6.37. The fraction of sp³-hybridized carbons (Fsp3) is 0.182. The molecule has 0 saturated heterocycles. The Morgan fingerprint density at radius 3 is 2.39 bits per heavy atom. The van der Waals surface area contributed by atoms with Crippen molar-refractivity contribution >= 4 is 57.4 Å². The van der Waals surface area contributed by atoms with E-state index in [-0.39, 0.29) is 10.6 Å². The Bertz CT molecular complexity index is 572. The molecule has 0 unspecified atom stereocenters. The quantitative estimate of drug-likeness (QED) is 0.462. The number of aliphatic carboxylic acids is 2. The maximum absolute atomic E-state index is 11.5. The van der Waals surface area contributed by atoms with Crippen LogP contribution >= 0.6 is 34.8 Å². The summed E-state index contributed by atoms with van der Waals surface area (Å²) < 4.78 is 0.760. The van der Waals surface area contributed by atoms with Crippen molar-refractivity contribution in [2.45, 2.75) is 5.41 Å². The van der Waals surface area contributed by atoms with Gasteiger partial charge in [0.25, 0.3) is 0 Å². The van der Waals surface area contributed by atoms with E-state index in [1.54, 1.807) is 25.2 Å². The van der Waals surface area contributed by atoms with E-state index in [1.165, 1.54) is 4.90 Å². The fourth-order valence-corrected chi connectivity index (χ4v) is 2.96. The second-order valence-electron chi connectivity index (χ2n) is 3.89. The molecular formula is C11H8INO4S. The van der Waals surface area contributed by atoms with Crippen molar-refractivity contribution in [2.75, 3.05) is 11.9 Å². The number of thiocarbonyl (C=S) groups is 1. The van der Waals surface area contributed by atoms with Crippen molar-refractivity contribution in [2.24, 2.45) is 0 Å². The summed E-state index contributed by atoms with van der Waals surface area (Å²) in [4.78, 5) is 24.3. The molecule has 0 fully saturated rings. The predicted octanol–water partition coefficient (Wildman–Crippen LogP) is 1.48. The summed E-state index contributed by atoms with van der Waals surface area (Å²) in [5.74, 6) is -2.93. The highest BCUT2D eigenvalue weighted by atomic mass is 127. The molecule has 0 radical (unpaired) electrons. The molecule has 0 amide bonds. The third kappa shape index (κ3) is 1.46. The van der Waals surface area contributed by atoms with Crippen molar-refractivity contribution < 1.29 is 19.8 Å². The van der Waals surface area contributed by atoms with Crippen LogP contribution in [0, 0.1) is 3.57 Å². The monoisotopic (exact) mass is 377 g/mol. The third-order valence-electron chi connectivity index (χ3n) is 2.99. The molecule has 0 bridgehead atoms. The number of anilines is 1. The molecule has 5 nitrogen and oxygen atoms in total. The summed E-state index contributed by atoms with van der Waals surface area (Å²) >= 11 is 7.04. The van der Waals surface area contributed by atoms with Crippen molar-refractivity contribution in [1.29, 1.82) is 0 Å². The molecule has 18 heavy (non-hydrogen) atoms. The van der Waals surface area contributed by atoms with Gasteiger partial charge in [-0.05, 0) is 40.8 Å². The predicted molar refractivity (Wildman–Crippen MR) is 77.1 cm³/mol. The lowest BCUT2D eigenvalue weighted by Gasteiger charge is -2.21. The Hall–Kier alpha value is -1.22. The Kier molecular flexibility index (Phi) is 3.06. The van der Waals surface area contributed by atoms with Gasteiger partial charge in [0.15, 0.2) is 0 Å². The highest BCUT2D eigenvalue weighted by Crippen LogP contribution is 2.43. The smallest absolute Gasteiger partial charge is 0.332 e. The standard InChI is InChI=1S/C11H8INO4S/c1-13-7-3-2-5(12)4-6(7)11(8(13)18,9(14)15)10(16)17/h2-4H,1H3,(H,14,15)(H,16,17). The average Bonchev–Trinajstić information content (AvgIpc) is 2.49. The van der Waals surface area contributed by atoms with Gasteiger partial charge in [-0.2, -0.15) is 0 Å². The third-order valence-corrected chi connectivity index (χ3v) is 4.24. The van der Waals surface area contributed by atoms with Gasteiger partial charge in [0.05, 0.1) is 0 Å². The van der Waals surface area contributed by atoms with E-state index in [9.17, 15) is 19.8 Å². The molecule has 2 rings (SSSR count). The highest BCUT2D eigenvalue weighted by Gasteiger charge is 2.59. The van der Waals surface area contributed by atoms with Crippen LogP contribution in [0.3, 0.4) is 0 Å². The van der Waals surface area contributed by atoms with Gasteiger partial charge in [0.1, 0.15) is 4.99 Å². The van der Waals surface area contributed by atoms with Gasteiger partial charge in [0.2, 0.25) is 5.41 Å². The number of nitrogens with zero attached hydrogens (tertiary/aromatic N) is 1. The summed E-state index contributed by atoms with van der Waals surface area (Å²) in [7, 11) is 1.57. The van der Waals surface area contributed by atoms with Crippen LogP contribution in [0.15, 0.2) is 18.2 Å². The minimum Gasteiger partial charge on any atom is -0.480 e. The van der Waals surface area contributed by atoms with E-state index in [2.05, 4.69) is 0 Å². The summed E-state index contributed by atoms with van der Waals surface area (Å²) in [6.45, 7) is 0. The maximum atomic E-state index is 11.5. The number of halogens is 1. The summed E-state index contributed by atoms with van der Waals surface area (Å²) in [5.41, 5.74) is -1.44. The van der Waals surface area contributed by atoms with Crippen LogP contribution < -0.4 is 4.90 Å². The Labute approximate surface area is 122 Å². The Balaban J connectivity index is 2.85. The zero-order valence-corrected chi connectivity index (χ0v) is 12.2. The van der Waals surface area contributed by atoms with Gasteiger partial charge < -0.3 is 15.1 Å². The van der Waals surface area contributed by atoms with E-state index < -0.39 is 17.4 Å². The molecule has 0 spiro atoms. The summed E-state index contributed by atoms with van der Waals surface area (Å²) in [6.07, 6.45) is 0. The minimum absolute atomic E-state index is 0.125. The van der Waals surface area contributed by atoms with Crippen LogP contribution in [0.25, 0.3) is 0 Å². The molecule has 0 aromatic heterocycles. The first kappa shape index (κ1) is 13.2. The molecule has 1 aromatic rings. The average molecular weight is 377 g/mol. The molecule has 1 aliphatic heterocycles. The molecule has 1 heterocycles. The normalized spacial score (nSPS) is 16.6. The number of rotatable bonds is 2. The lowest BCUT2D eigenvalue weighted by Crippen LogP contribution is -2.50. The van der Waals surface area contributed by atoms with E-state index in [0.29, 0.717) is 5.69 Å². The zero-order valence-electron chi connectivity index (χ0n) is 9.18. The second kappa shape index (κ2) is 4.16. The molecule has 1 aromatic carbocycles. The van der Waals surface area contributed by atoms with Crippen LogP contribution in [0.4, 0.5) is 5.69 Å². The largest absolute Gasteiger partial charge is 0.480 e. The molecule has 94 valence electrons. The molecule has 7 heteroatoms. The van der Waals surface area contributed by atoms with Gasteiger partial charge >= 0.3 is 11.9 Å². The van der Waals surface area contributed by atoms with Gasteiger partial charge in [-0.15, -0.1) is 0 Å². The van der Waals surface area contributed by atoms with Gasteiger partial charge in [-0.25, -0.2) is 0 Å². The van der Waals surface area contributed by atoms with E-state index in [1.807, 2.05) is 22.6 Å². The van der Waals surface area contributed by atoms with E-state index >= 15 is 0 Å². The number of carboxylic acids is 2. The van der Waals surface area contributed by atoms with Crippen molar-refractivity contribution in [3.63, 3.8) is 0 Å². The summed E-state index contributed by atoms with van der Waals surface area (Å²) in [5, 5.41) is 18.7.